The fourth-order valence-electron chi connectivity index (χ4n) is 10.8. The molecule has 0 aromatic carbocycles. The van der Waals surface area contributed by atoms with Crippen molar-refractivity contribution in [2.24, 2.45) is 0 Å². The van der Waals surface area contributed by atoms with E-state index < -0.39 is 86.8 Å². The molecule has 2 rings (SSSR count). The summed E-state index contributed by atoms with van der Waals surface area (Å²) < 4.78 is 22.8. The molecule has 0 aliphatic carbocycles. The monoisotopic (exact) mass is 1160 g/mol. The fraction of sp³-hybridized carbons (Fsp3) is 0.838. The van der Waals surface area contributed by atoms with Gasteiger partial charge >= 0.3 is 0 Å². The highest BCUT2D eigenvalue weighted by Crippen LogP contribution is 2.30. The van der Waals surface area contributed by atoms with Gasteiger partial charge in [-0.2, -0.15) is 0 Å². The Bertz CT molecular complexity index is 1610. The Kier molecular flexibility index (Phi) is 49.0. The van der Waals surface area contributed by atoms with Gasteiger partial charge in [-0.05, 0) is 70.6 Å². The van der Waals surface area contributed by atoms with Crippen LogP contribution in [0.3, 0.4) is 0 Å². The first kappa shape index (κ1) is 75.8. The fourth-order valence-corrected chi connectivity index (χ4v) is 10.8. The van der Waals surface area contributed by atoms with E-state index in [0.717, 1.165) is 64.2 Å². The number of aliphatic hydroxyl groups excluding tert-OH is 8. The zero-order valence-corrected chi connectivity index (χ0v) is 51.7. The van der Waals surface area contributed by atoms with E-state index in [-0.39, 0.29) is 18.9 Å². The number of carbonyl (C=O) groups is 1. The van der Waals surface area contributed by atoms with Gasteiger partial charge in [0, 0.05) is 6.42 Å². The molecule has 2 saturated heterocycles. The van der Waals surface area contributed by atoms with Crippen LogP contribution in [-0.4, -0.2) is 140 Å². The summed E-state index contributed by atoms with van der Waals surface area (Å²) in [5, 5.41) is 87.3. The van der Waals surface area contributed by atoms with Gasteiger partial charge in [-0.3, -0.25) is 4.79 Å². The number of hydrogen-bond acceptors (Lipinski definition) is 13. The standard InChI is InChI=1S/C68H123NO13/c1-3-5-7-9-11-13-15-17-19-21-23-25-26-27-28-29-30-32-33-35-37-39-41-43-45-47-49-51-57(72)56(55-79-67-65(78)63(76)66(59(54-71)81-67)82-68-64(77)62(75)61(74)58(53-70)80-68)69-60(73)52-50-48-46-44-42-40-38-36-34-31-24-22-20-18-16-14-12-10-8-6-4-2/h16,18,22,24,34,36,41,43,49,51,56-59,61-68,70-72,74-78H,3-15,17,19-21,23,25-33,35,37-40,42,44-48,50,52-55H2,1-2H3,(H,69,73)/b18-16-,24-22-,36-34-,43-41+,51-49+. The molecule has 0 saturated carbocycles. The molecule has 1 amide bonds. The quantitative estimate of drug-likeness (QED) is 0.0204. The predicted molar refractivity (Wildman–Crippen MR) is 332 cm³/mol. The second kappa shape index (κ2) is 53.0. The van der Waals surface area contributed by atoms with Crippen LogP contribution in [0.25, 0.3) is 0 Å². The zero-order valence-electron chi connectivity index (χ0n) is 51.7. The van der Waals surface area contributed by atoms with Crippen molar-refractivity contribution in [3.05, 3.63) is 60.8 Å². The van der Waals surface area contributed by atoms with Crippen LogP contribution in [0.2, 0.25) is 0 Å². The van der Waals surface area contributed by atoms with E-state index in [1.807, 2.05) is 6.08 Å². The Balaban J connectivity index is 1.74. The molecular weight excluding hydrogens is 1040 g/mol. The molecule has 0 radical (unpaired) electrons. The number of unbranched alkanes of at least 4 members (excludes halogenated alkanes) is 33. The highest BCUT2D eigenvalue weighted by Gasteiger charge is 2.51. The van der Waals surface area contributed by atoms with Gasteiger partial charge in [0.15, 0.2) is 12.6 Å². The lowest BCUT2D eigenvalue weighted by atomic mass is 9.97. The molecule has 2 fully saturated rings. The third kappa shape index (κ3) is 37.3. The summed E-state index contributed by atoms with van der Waals surface area (Å²) in [6, 6.07) is -0.942. The van der Waals surface area contributed by atoms with Gasteiger partial charge in [-0.15, -0.1) is 0 Å². The Morgan fingerprint density at radius 3 is 1.28 bits per heavy atom. The summed E-state index contributed by atoms with van der Waals surface area (Å²) in [6.07, 6.45) is 52.7. The molecule has 12 atom stereocenters. The first-order valence-electron chi connectivity index (χ1n) is 33.5. The van der Waals surface area contributed by atoms with Crippen LogP contribution in [-0.2, 0) is 23.7 Å². The summed E-state index contributed by atoms with van der Waals surface area (Å²) in [4.78, 5) is 13.3. The molecular formula is C68H123NO13. The van der Waals surface area contributed by atoms with Crippen molar-refractivity contribution in [1.82, 2.24) is 5.32 Å². The van der Waals surface area contributed by atoms with Gasteiger partial charge < -0.3 is 65.1 Å². The summed E-state index contributed by atoms with van der Waals surface area (Å²) >= 11 is 0. The lowest BCUT2D eigenvalue weighted by Gasteiger charge is -2.46. The van der Waals surface area contributed by atoms with Crippen molar-refractivity contribution in [3.63, 3.8) is 0 Å². The molecule has 0 aromatic rings. The van der Waals surface area contributed by atoms with Crippen molar-refractivity contribution < 1.29 is 64.6 Å². The first-order chi connectivity index (χ1) is 40.1. The number of carbonyl (C=O) groups excluding carboxylic acids is 1. The Hall–Kier alpha value is -2.31. The SMILES string of the molecule is CCCCCCC/C=C\C/C=C\C/C=C\CCCCCCCCC(=O)NC(COC1OC(CO)C(OC2OC(CO)C(O)C(O)C2O)C(O)C1O)C(O)/C=C/CC/C=C/CCCCCCCCCCCCCCCCCCCCCCC. The third-order valence-electron chi connectivity index (χ3n) is 16.2. The van der Waals surface area contributed by atoms with Crippen LogP contribution in [0.15, 0.2) is 60.8 Å². The van der Waals surface area contributed by atoms with E-state index >= 15 is 0 Å². The van der Waals surface area contributed by atoms with Crippen molar-refractivity contribution in [1.29, 1.82) is 0 Å². The third-order valence-corrected chi connectivity index (χ3v) is 16.2. The van der Waals surface area contributed by atoms with E-state index in [9.17, 15) is 45.6 Å². The highest BCUT2D eigenvalue weighted by molar-refractivity contribution is 5.76. The lowest BCUT2D eigenvalue weighted by molar-refractivity contribution is -0.359. The number of nitrogens with one attached hydrogen (secondary N) is 1. The van der Waals surface area contributed by atoms with Gasteiger partial charge in [0.2, 0.25) is 5.91 Å². The molecule has 0 spiro atoms. The summed E-state index contributed by atoms with van der Waals surface area (Å²) in [5.41, 5.74) is 0. The van der Waals surface area contributed by atoms with Crippen LogP contribution >= 0.6 is 0 Å². The van der Waals surface area contributed by atoms with Crippen LogP contribution in [0, 0.1) is 0 Å². The van der Waals surface area contributed by atoms with E-state index in [2.05, 4.69) is 67.8 Å². The van der Waals surface area contributed by atoms with Gasteiger partial charge in [0.25, 0.3) is 0 Å². The molecule has 2 heterocycles. The molecule has 14 heteroatoms. The number of aliphatic hydroxyl groups is 8. The molecule has 478 valence electrons. The van der Waals surface area contributed by atoms with Crippen LogP contribution < -0.4 is 5.32 Å². The largest absolute Gasteiger partial charge is 0.394 e. The van der Waals surface area contributed by atoms with Gasteiger partial charge in [0.1, 0.15) is 48.8 Å². The van der Waals surface area contributed by atoms with Crippen molar-refractivity contribution >= 4 is 5.91 Å². The Morgan fingerprint density at radius 2 is 0.817 bits per heavy atom. The molecule has 14 nitrogen and oxygen atoms in total. The molecule has 0 bridgehead atoms. The lowest BCUT2D eigenvalue weighted by Crippen LogP contribution is -2.65. The maximum Gasteiger partial charge on any atom is 0.220 e. The Morgan fingerprint density at radius 1 is 0.439 bits per heavy atom. The zero-order chi connectivity index (χ0) is 59.5. The van der Waals surface area contributed by atoms with Crippen LogP contribution in [0.1, 0.15) is 271 Å². The van der Waals surface area contributed by atoms with Gasteiger partial charge in [-0.1, -0.05) is 254 Å². The molecule has 82 heavy (non-hydrogen) atoms. The van der Waals surface area contributed by atoms with Gasteiger partial charge in [-0.25, -0.2) is 0 Å². The second-order valence-corrected chi connectivity index (χ2v) is 23.6. The molecule has 2 aliphatic heterocycles. The minimum atomic E-state index is -1.80. The topological polar surface area (TPSA) is 228 Å². The van der Waals surface area contributed by atoms with E-state index in [0.29, 0.717) is 12.8 Å². The molecule has 12 unspecified atom stereocenters. The second-order valence-electron chi connectivity index (χ2n) is 23.6. The number of ether oxygens (including phenoxy) is 4. The molecule has 2 aliphatic rings. The maximum absolute atomic E-state index is 13.3. The number of allylic oxidation sites excluding steroid dienone is 9. The van der Waals surface area contributed by atoms with Crippen molar-refractivity contribution in [2.75, 3.05) is 19.8 Å². The first-order valence-corrected chi connectivity index (χ1v) is 33.5. The number of amides is 1. The predicted octanol–water partition coefficient (Wildman–Crippen LogP) is 12.9. The number of hydrogen-bond donors (Lipinski definition) is 9. The van der Waals surface area contributed by atoms with Crippen molar-refractivity contribution in [3.8, 4) is 0 Å². The normalized spacial score (nSPS) is 24.3. The minimum absolute atomic E-state index is 0.257. The minimum Gasteiger partial charge on any atom is -0.394 e. The van der Waals surface area contributed by atoms with E-state index in [4.69, 9.17) is 18.9 Å². The van der Waals surface area contributed by atoms with Crippen LogP contribution in [0.4, 0.5) is 0 Å². The summed E-state index contributed by atoms with van der Waals surface area (Å²) in [7, 11) is 0. The summed E-state index contributed by atoms with van der Waals surface area (Å²) in [6.45, 7) is 2.78. The summed E-state index contributed by atoms with van der Waals surface area (Å²) in [5.74, 6) is -0.261. The maximum atomic E-state index is 13.3. The van der Waals surface area contributed by atoms with E-state index in [1.54, 1.807) is 6.08 Å². The highest BCUT2D eigenvalue weighted by atomic mass is 16.7. The Labute approximate surface area is 498 Å². The average Bonchev–Trinajstić information content (AvgIpc) is 3.66. The average molecular weight is 1160 g/mol. The van der Waals surface area contributed by atoms with Crippen molar-refractivity contribution in [2.45, 2.75) is 344 Å². The van der Waals surface area contributed by atoms with Crippen LogP contribution in [0.5, 0.6) is 0 Å². The smallest absolute Gasteiger partial charge is 0.220 e. The van der Waals surface area contributed by atoms with E-state index in [1.165, 1.54) is 173 Å². The molecule has 0 aromatic heterocycles. The molecule has 9 N–H and O–H groups in total. The van der Waals surface area contributed by atoms with Gasteiger partial charge in [0.05, 0.1) is 32.0 Å². The number of rotatable bonds is 54.